The van der Waals surface area contributed by atoms with E-state index in [0.29, 0.717) is 17.1 Å². The maximum Gasteiger partial charge on any atom is 0.278 e. The van der Waals surface area contributed by atoms with Crippen molar-refractivity contribution < 1.29 is 4.79 Å². The first-order valence-electron chi connectivity index (χ1n) is 5.72. The molecule has 0 atom stereocenters. The van der Waals surface area contributed by atoms with Crippen LogP contribution in [0.3, 0.4) is 0 Å². The van der Waals surface area contributed by atoms with E-state index in [1.165, 1.54) is 17.3 Å². The Labute approximate surface area is 115 Å². The Hall–Kier alpha value is -2.98. The predicted molar refractivity (Wildman–Crippen MR) is 73.7 cm³/mol. The summed E-state index contributed by atoms with van der Waals surface area (Å²) in [6, 6.07) is 8.76. The Morgan fingerprint density at radius 2 is 2.25 bits per heavy atom. The summed E-state index contributed by atoms with van der Waals surface area (Å²) in [6.07, 6.45) is 2.76. The van der Waals surface area contributed by atoms with E-state index >= 15 is 0 Å². The third kappa shape index (κ3) is 2.71. The molecule has 1 aromatic heterocycles. The number of carbonyl (C=O) groups is 1. The highest BCUT2D eigenvalue weighted by molar-refractivity contribution is 6.04. The summed E-state index contributed by atoms with van der Waals surface area (Å²) in [5.41, 5.74) is 3.57. The fraction of sp³-hybridized carbons (Fsp3) is 0.0769. The molecule has 0 radical (unpaired) electrons. The molecule has 100 valence electrons. The first-order valence-corrected chi connectivity index (χ1v) is 5.72. The summed E-state index contributed by atoms with van der Waals surface area (Å²) in [4.78, 5) is 21.6. The molecule has 1 aromatic carbocycles. The predicted octanol–water partition coefficient (Wildman–Crippen LogP) is 0.910. The van der Waals surface area contributed by atoms with Crippen LogP contribution in [0.5, 0.6) is 0 Å². The van der Waals surface area contributed by atoms with E-state index in [-0.39, 0.29) is 11.6 Å². The van der Waals surface area contributed by atoms with Crippen LogP contribution in [-0.4, -0.2) is 22.9 Å². The monoisotopic (exact) mass is 268 g/mol. The van der Waals surface area contributed by atoms with Crippen molar-refractivity contribution >= 4 is 17.4 Å². The van der Waals surface area contributed by atoms with Gasteiger partial charge in [0.2, 0.25) is 0 Å². The number of nitriles is 1. The number of nitrogens with one attached hydrogen (secondary N) is 1. The van der Waals surface area contributed by atoms with Gasteiger partial charge in [-0.05, 0) is 18.2 Å². The van der Waals surface area contributed by atoms with Crippen LogP contribution in [-0.2, 0) is 0 Å². The second kappa shape index (κ2) is 5.77. The molecule has 3 N–H and O–H groups in total. The minimum atomic E-state index is -0.343. The van der Waals surface area contributed by atoms with Gasteiger partial charge in [0.25, 0.3) is 5.91 Å². The highest BCUT2D eigenvalue weighted by atomic mass is 16.2. The summed E-state index contributed by atoms with van der Waals surface area (Å²) >= 11 is 0. The van der Waals surface area contributed by atoms with Gasteiger partial charge in [-0.2, -0.15) is 5.26 Å². The molecule has 0 unspecified atom stereocenters. The van der Waals surface area contributed by atoms with Crippen molar-refractivity contribution in [1.82, 2.24) is 9.97 Å². The van der Waals surface area contributed by atoms with Crippen molar-refractivity contribution in [3.63, 3.8) is 0 Å². The molecular formula is C13H12N6O. The van der Waals surface area contributed by atoms with Gasteiger partial charge < -0.3 is 10.3 Å². The van der Waals surface area contributed by atoms with E-state index in [1.54, 1.807) is 31.3 Å². The van der Waals surface area contributed by atoms with Crippen LogP contribution in [0.25, 0.3) is 0 Å². The Morgan fingerprint density at radius 3 is 2.95 bits per heavy atom. The Morgan fingerprint density at radius 1 is 1.45 bits per heavy atom. The molecule has 2 aromatic rings. The molecule has 7 heteroatoms. The van der Waals surface area contributed by atoms with Crippen LogP contribution >= 0.6 is 0 Å². The maximum atomic E-state index is 12.3. The van der Waals surface area contributed by atoms with Crippen molar-refractivity contribution in [2.75, 3.05) is 17.4 Å². The van der Waals surface area contributed by atoms with Crippen LogP contribution < -0.4 is 16.2 Å². The number of carbonyl (C=O) groups excluding carboxylic acids is 1. The van der Waals surface area contributed by atoms with Gasteiger partial charge >= 0.3 is 0 Å². The lowest BCUT2D eigenvalue weighted by Crippen LogP contribution is -2.27. The van der Waals surface area contributed by atoms with Crippen LogP contribution in [0.2, 0.25) is 0 Å². The largest absolute Gasteiger partial charge is 0.310 e. The van der Waals surface area contributed by atoms with Gasteiger partial charge in [0.15, 0.2) is 5.82 Å². The number of hydrogen-bond donors (Lipinski definition) is 2. The lowest BCUT2D eigenvalue weighted by Gasteiger charge is -2.17. The molecule has 2 rings (SSSR count). The summed E-state index contributed by atoms with van der Waals surface area (Å²) in [5.74, 6) is 5.19. The lowest BCUT2D eigenvalue weighted by molar-refractivity contribution is 0.0988. The number of aromatic nitrogens is 2. The third-order valence-electron chi connectivity index (χ3n) is 2.67. The summed E-state index contributed by atoms with van der Waals surface area (Å²) in [6.45, 7) is 0. The summed E-state index contributed by atoms with van der Waals surface area (Å²) in [7, 11) is 1.60. The molecule has 0 saturated carbocycles. The average Bonchev–Trinajstić information content (AvgIpc) is 2.53. The highest BCUT2D eigenvalue weighted by Gasteiger charge is 2.16. The minimum Gasteiger partial charge on any atom is -0.310 e. The first-order chi connectivity index (χ1) is 9.65. The van der Waals surface area contributed by atoms with Crippen molar-refractivity contribution in [2.24, 2.45) is 5.84 Å². The van der Waals surface area contributed by atoms with Gasteiger partial charge in [0.05, 0.1) is 24.0 Å². The zero-order chi connectivity index (χ0) is 14.5. The maximum absolute atomic E-state index is 12.3. The average molecular weight is 268 g/mol. The SMILES string of the molecule is CN(C(=O)c1cncc(NN)n1)c1cccc(C#N)c1. The number of nitrogens with two attached hydrogens (primary N) is 1. The van der Waals surface area contributed by atoms with E-state index < -0.39 is 0 Å². The first kappa shape index (κ1) is 13.5. The van der Waals surface area contributed by atoms with E-state index in [0.717, 1.165) is 0 Å². The van der Waals surface area contributed by atoms with Crippen molar-refractivity contribution in [2.45, 2.75) is 0 Å². The topological polar surface area (TPSA) is 108 Å². The van der Waals surface area contributed by atoms with Crippen molar-refractivity contribution in [1.29, 1.82) is 5.26 Å². The number of nitrogen functional groups attached to an aromatic ring is 1. The molecule has 0 saturated heterocycles. The quantitative estimate of drug-likeness (QED) is 0.632. The van der Waals surface area contributed by atoms with Crippen LogP contribution in [0, 0.1) is 11.3 Å². The van der Waals surface area contributed by atoms with E-state index in [4.69, 9.17) is 11.1 Å². The van der Waals surface area contributed by atoms with Gasteiger partial charge in [0.1, 0.15) is 5.69 Å². The molecule has 0 spiro atoms. The van der Waals surface area contributed by atoms with Gasteiger partial charge in [-0.25, -0.2) is 10.8 Å². The van der Waals surface area contributed by atoms with Gasteiger partial charge in [0, 0.05) is 12.7 Å². The molecule has 7 nitrogen and oxygen atoms in total. The smallest absolute Gasteiger partial charge is 0.278 e. The van der Waals surface area contributed by atoms with Gasteiger partial charge in [-0.3, -0.25) is 9.78 Å². The Bertz CT molecular complexity index is 679. The fourth-order valence-electron chi connectivity index (χ4n) is 1.61. The molecule has 0 aliphatic heterocycles. The molecule has 0 aliphatic rings. The number of anilines is 2. The second-order valence-corrected chi connectivity index (χ2v) is 3.96. The fourth-order valence-corrected chi connectivity index (χ4v) is 1.61. The molecule has 1 amide bonds. The van der Waals surface area contributed by atoms with Crippen LogP contribution in [0.1, 0.15) is 16.1 Å². The van der Waals surface area contributed by atoms with Gasteiger partial charge in [-0.1, -0.05) is 6.07 Å². The lowest BCUT2D eigenvalue weighted by atomic mass is 10.2. The zero-order valence-electron chi connectivity index (χ0n) is 10.7. The molecule has 1 heterocycles. The normalized spacial score (nSPS) is 9.65. The second-order valence-electron chi connectivity index (χ2n) is 3.96. The molecule has 0 aliphatic carbocycles. The highest BCUT2D eigenvalue weighted by Crippen LogP contribution is 2.16. The summed E-state index contributed by atoms with van der Waals surface area (Å²) in [5, 5.41) is 8.87. The molecule has 0 fully saturated rings. The number of benzene rings is 1. The Balaban J connectivity index is 2.30. The molecular weight excluding hydrogens is 256 g/mol. The van der Waals surface area contributed by atoms with Crippen LogP contribution in [0.4, 0.5) is 11.5 Å². The standard InChI is InChI=1S/C13H12N6O/c1-19(10-4-2-3-9(5-10)6-14)13(20)11-7-16-8-12(17-11)18-15/h2-5,7-8H,15H2,1H3,(H,17,18). The minimum absolute atomic E-state index is 0.158. The van der Waals surface area contributed by atoms with Crippen molar-refractivity contribution in [3.05, 3.63) is 47.9 Å². The van der Waals surface area contributed by atoms with E-state index in [2.05, 4.69) is 15.4 Å². The zero-order valence-corrected chi connectivity index (χ0v) is 10.7. The number of amides is 1. The van der Waals surface area contributed by atoms with Gasteiger partial charge in [-0.15, -0.1) is 0 Å². The van der Waals surface area contributed by atoms with Crippen LogP contribution in [0.15, 0.2) is 36.7 Å². The number of hydrogen-bond acceptors (Lipinski definition) is 6. The molecule has 20 heavy (non-hydrogen) atoms. The number of nitrogens with zero attached hydrogens (tertiary/aromatic N) is 4. The number of rotatable bonds is 3. The molecule has 0 bridgehead atoms. The number of hydrazine groups is 1. The third-order valence-corrected chi connectivity index (χ3v) is 2.67. The van der Waals surface area contributed by atoms with E-state index in [1.807, 2.05) is 6.07 Å². The van der Waals surface area contributed by atoms with E-state index in [9.17, 15) is 4.79 Å². The Kier molecular flexibility index (Phi) is 3.88. The summed E-state index contributed by atoms with van der Waals surface area (Å²) < 4.78 is 0. The van der Waals surface area contributed by atoms with Crippen molar-refractivity contribution in [3.8, 4) is 6.07 Å².